The summed E-state index contributed by atoms with van der Waals surface area (Å²) in [6.45, 7) is 0. The minimum absolute atomic E-state index is 0.526. The van der Waals surface area contributed by atoms with Crippen LogP contribution in [0.2, 0.25) is 0 Å². The lowest BCUT2D eigenvalue weighted by molar-refractivity contribution is 0.683. The van der Waals surface area contributed by atoms with Crippen molar-refractivity contribution in [2.24, 2.45) is 0 Å². The van der Waals surface area contributed by atoms with Gasteiger partial charge in [0.1, 0.15) is 0 Å². The van der Waals surface area contributed by atoms with E-state index in [0.29, 0.717) is 0 Å². The van der Waals surface area contributed by atoms with Crippen molar-refractivity contribution < 1.29 is 4.39 Å². The molecule has 0 fully saturated rings. The molecule has 0 atom stereocenters. The molecule has 1 aromatic rings. The van der Waals surface area contributed by atoms with Gasteiger partial charge in [-0.2, -0.15) is 4.39 Å². The Morgan fingerprint density at radius 3 is 3.10 bits per heavy atom. The molecule has 0 saturated carbocycles. The second kappa shape index (κ2) is 3.19. The number of rotatable bonds is 1. The molecule has 0 aromatic carbocycles. The highest BCUT2D eigenvalue weighted by molar-refractivity contribution is 7.10. The molecular formula is C8H5FS. The van der Waals surface area contributed by atoms with E-state index in [1.54, 1.807) is 0 Å². The fourth-order valence-corrected chi connectivity index (χ4v) is 1.18. The number of allylic oxidation sites excluding steroid dienone is 1. The largest absolute Gasteiger partial charge is 0.197 e. The monoisotopic (exact) mass is 152 g/mol. The maximum absolute atomic E-state index is 12.3. The third-order valence-corrected chi connectivity index (χ3v) is 1.77. The van der Waals surface area contributed by atoms with Crippen LogP contribution in [0.5, 0.6) is 0 Å². The Labute approximate surface area is 63.0 Å². The van der Waals surface area contributed by atoms with Crippen molar-refractivity contribution in [2.45, 2.75) is 0 Å². The summed E-state index contributed by atoms with van der Waals surface area (Å²) in [6.07, 6.45) is 6.14. The molecule has 0 aliphatic heterocycles. The van der Waals surface area contributed by atoms with Crippen LogP contribution in [0, 0.1) is 12.3 Å². The molecule has 0 saturated heterocycles. The second-order valence-corrected chi connectivity index (χ2v) is 2.63. The molecule has 10 heavy (non-hydrogen) atoms. The predicted octanol–water partition coefficient (Wildman–Crippen LogP) is 2.69. The molecule has 0 amide bonds. The summed E-state index contributed by atoms with van der Waals surface area (Å²) >= 11 is 1.45. The maximum atomic E-state index is 12.3. The zero-order chi connectivity index (χ0) is 7.40. The molecule has 1 rings (SSSR count). The Bertz CT molecular complexity index is 264. The van der Waals surface area contributed by atoms with Crippen LogP contribution in [0.4, 0.5) is 4.39 Å². The lowest BCUT2D eigenvalue weighted by atomic mass is 10.4. The summed E-state index contributed by atoms with van der Waals surface area (Å²) in [5.74, 6) is 1.38. The molecule has 2 heteroatoms. The van der Waals surface area contributed by atoms with E-state index < -0.39 is 5.83 Å². The Morgan fingerprint density at radius 2 is 2.60 bits per heavy atom. The van der Waals surface area contributed by atoms with E-state index in [1.165, 1.54) is 17.4 Å². The molecular weight excluding hydrogens is 147 g/mol. The first-order valence-corrected chi connectivity index (χ1v) is 3.58. The van der Waals surface area contributed by atoms with Crippen LogP contribution in [0.3, 0.4) is 0 Å². The molecule has 0 radical (unpaired) electrons. The van der Waals surface area contributed by atoms with Crippen molar-refractivity contribution in [1.82, 2.24) is 0 Å². The average Bonchev–Trinajstić information content (AvgIpc) is 2.40. The number of hydrogen-bond acceptors (Lipinski definition) is 1. The fourth-order valence-electron chi connectivity index (χ4n) is 0.540. The van der Waals surface area contributed by atoms with Crippen molar-refractivity contribution >= 4 is 17.4 Å². The van der Waals surface area contributed by atoms with E-state index in [-0.39, 0.29) is 0 Å². The summed E-state index contributed by atoms with van der Waals surface area (Å²) in [5.41, 5.74) is 0. The molecule has 0 N–H and O–H groups in total. The van der Waals surface area contributed by atoms with Gasteiger partial charge >= 0.3 is 0 Å². The molecule has 0 aliphatic rings. The molecule has 0 nitrogen and oxygen atoms in total. The number of thiophene rings is 1. The third kappa shape index (κ3) is 1.71. The van der Waals surface area contributed by atoms with E-state index in [0.717, 1.165) is 4.88 Å². The minimum atomic E-state index is -0.526. The van der Waals surface area contributed by atoms with Gasteiger partial charge in [-0.3, -0.25) is 0 Å². The zero-order valence-electron chi connectivity index (χ0n) is 5.17. The fraction of sp³-hybridized carbons (Fsp3) is 0. The molecule has 0 spiro atoms. The van der Waals surface area contributed by atoms with Crippen LogP contribution in [0.15, 0.2) is 23.3 Å². The topological polar surface area (TPSA) is 0 Å². The van der Waals surface area contributed by atoms with Crippen molar-refractivity contribution in [3.05, 3.63) is 28.2 Å². The van der Waals surface area contributed by atoms with Crippen LogP contribution >= 0.6 is 11.3 Å². The van der Waals surface area contributed by atoms with Crippen LogP contribution in [0.25, 0.3) is 6.08 Å². The number of hydrogen-bond donors (Lipinski definition) is 0. The molecule has 0 bridgehead atoms. The predicted molar refractivity (Wildman–Crippen MR) is 42.2 cm³/mol. The highest BCUT2D eigenvalue weighted by Crippen LogP contribution is 2.12. The highest BCUT2D eigenvalue weighted by atomic mass is 32.1. The van der Waals surface area contributed by atoms with Crippen molar-refractivity contribution in [3.63, 3.8) is 0 Å². The van der Waals surface area contributed by atoms with E-state index in [9.17, 15) is 4.39 Å². The van der Waals surface area contributed by atoms with Crippen LogP contribution in [-0.2, 0) is 0 Å². The first-order valence-electron chi connectivity index (χ1n) is 2.70. The van der Waals surface area contributed by atoms with Gasteiger partial charge in [-0.1, -0.05) is 6.07 Å². The smallest absolute Gasteiger partial charge is 0.174 e. The Kier molecular flexibility index (Phi) is 2.24. The first-order chi connectivity index (χ1) is 4.83. The maximum Gasteiger partial charge on any atom is 0.174 e. The van der Waals surface area contributed by atoms with E-state index >= 15 is 0 Å². The summed E-state index contributed by atoms with van der Waals surface area (Å²) in [5, 5.41) is 1.87. The van der Waals surface area contributed by atoms with E-state index in [2.05, 4.69) is 0 Å². The average molecular weight is 152 g/mol. The zero-order valence-corrected chi connectivity index (χ0v) is 5.99. The Hall–Kier alpha value is -1.07. The normalized spacial score (nSPS) is 11.0. The first kappa shape index (κ1) is 7.04. The Balaban J connectivity index is 2.83. The highest BCUT2D eigenvalue weighted by Gasteiger charge is 1.89. The molecule has 1 heterocycles. The number of terminal acetylenes is 1. The molecule has 50 valence electrons. The van der Waals surface area contributed by atoms with Gasteiger partial charge in [-0.05, 0) is 23.4 Å². The van der Waals surface area contributed by atoms with Gasteiger partial charge in [0.2, 0.25) is 0 Å². The van der Waals surface area contributed by atoms with Gasteiger partial charge < -0.3 is 0 Å². The van der Waals surface area contributed by atoms with Gasteiger partial charge in [0.15, 0.2) is 5.83 Å². The standard InChI is InChI=1S/C8H5FS/c1-2-7(9)6-8-4-3-5-10-8/h1,3-6H/b7-6+. The summed E-state index contributed by atoms with van der Waals surface area (Å²) in [7, 11) is 0. The van der Waals surface area contributed by atoms with Gasteiger partial charge in [-0.25, -0.2) is 0 Å². The van der Waals surface area contributed by atoms with Crippen LogP contribution < -0.4 is 0 Å². The SMILES string of the molecule is C#C/C(F)=C\c1cccs1. The quantitative estimate of drug-likeness (QED) is 0.543. The van der Waals surface area contributed by atoms with Crippen LogP contribution in [0.1, 0.15) is 4.88 Å². The van der Waals surface area contributed by atoms with Gasteiger partial charge in [0, 0.05) is 4.88 Å². The van der Waals surface area contributed by atoms with E-state index in [1.807, 2.05) is 23.4 Å². The lowest BCUT2D eigenvalue weighted by Crippen LogP contribution is -1.62. The van der Waals surface area contributed by atoms with Crippen molar-refractivity contribution in [2.75, 3.05) is 0 Å². The third-order valence-electron chi connectivity index (χ3n) is 0.950. The molecule has 0 aliphatic carbocycles. The summed E-state index contributed by atoms with van der Waals surface area (Å²) < 4.78 is 12.3. The van der Waals surface area contributed by atoms with Gasteiger partial charge in [-0.15, -0.1) is 17.8 Å². The summed E-state index contributed by atoms with van der Waals surface area (Å²) in [6, 6.07) is 3.65. The number of halogens is 1. The Morgan fingerprint density at radius 1 is 1.80 bits per heavy atom. The second-order valence-electron chi connectivity index (χ2n) is 1.65. The van der Waals surface area contributed by atoms with Crippen molar-refractivity contribution in [1.29, 1.82) is 0 Å². The summed E-state index contributed by atoms with van der Waals surface area (Å²) in [4.78, 5) is 0.843. The van der Waals surface area contributed by atoms with E-state index in [4.69, 9.17) is 6.42 Å². The minimum Gasteiger partial charge on any atom is -0.197 e. The lowest BCUT2D eigenvalue weighted by Gasteiger charge is -1.80. The van der Waals surface area contributed by atoms with Gasteiger partial charge in [0.05, 0.1) is 0 Å². The van der Waals surface area contributed by atoms with Crippen molar-refractivity contribution in [3.8, 4) is 12.3 Å². The molecule has 1 aromatic heterocycles. The van der Waals surface area contributed by atoms with Crippen LogP contribution in [-0.4, -0.2) is 0 Å². The van der Waals surface area contributed by atoms with Gasteiger partial charge in [0.25, 0.3) is 0 Å². The molecule has 0 unspecified atom stereocenters.